The zero-order chi connectivity index (χ0) is 19.7. The Bertz CT molecular complexity index is 857. The number of carbonyl (C=O) groups excluding carboxylic acids is 2. The number of thiazole rings is 1. The van der Waals surface area contributed by atoms with Gasteiger partial charge in [0.15, 0.2) is 0 Å². The highest BCUT2D eigenvalue weighted by atomic mass is 32.1. The molecule has 2 amide bonds. The van der Waals surface area contributed by atoms with E-state index < -0.39 is 0 Å². The van der Waals surface area contributed by atoms with Crippen molar-refractivity contribution < 1.29 is 14.3 Å². The molecule has 2 N–H and O–H groups in total. The average molecular weight is 401 g/mol. The van der Waals surface area contributed by atoms with Crippen LogP contribution in [0.3, 0.4) is 0 Å². The molecule has 4 heterocycles. The van der Waals surface area contributed by atoms with E-state index in [9.17, 15) is 9.59 Å². The smallest absolute Gasteiger partial charge is 0.280 e. The Kier molecular flexibility index (Phi) is 5.32. The van der Waals surface area contributed by atoms with Crippen molar-refractivity contribution in [2.75, 3.05) is 18.4 Å². The molecule has 3 saturated heterocycles. The number of carbonyl (C=O) groups is 2. The van der Waals surface area contributed by atoms with Crippen LogP contribution in [0.5, 0.6) is 10.9 Å². The van der Waals surface area contributed by atoms with Gasteiger partial charge in [0, 0.05) is 24.6 Å². The Labute approximate surface area is 168 Å². The number of fused-ring (bicyclic) bond motifs is 3. The number of hydrogen-bond acceptors (Lipinski definition) is 6. The summed E-state index contributed by atoms with van der Waals surface area (Å²) in [5.41, 5.74) is 0.620. The average Bonchev–Trinajstić information content (AvgIpc) is 3.11. The second-order valence-electron chi connectivity index (χ2n) is 7.41. The number of aromatic nitrogens is 1. The summed E-state index contributed by atoms with van der Waals surface area (Å²) >= 11 is 1.25. The minimum Gasteiger partial charge on any atom is -0.431 e. The van der Waals surface area contributed by atoms with Gasteiger partial charge in [0.25, 0.3) is 11.1 Å². The van der Waals surface area contributed by atoms with E-state index in [2.05, 4.69) is 27.4 Å². The van der Waals surface area contributed by atoms with Gasteiger partial charge in [-0.05, 0) is 63.0 Å². The maximum absolute atomic E-state index is 12.7. The summed E-state index contributed by atoms with van der Waals surface area (Å²) in [4.78, 5) is 30.4. The zero-order valence-corrected chi connectivity index (χ0v) is 16.8. The molecule has 28 heavy (non-hydrogen) atoms. The number of nitrogens with zero attached hydrogens (tertiary/aromatic N) is 2. The summed E-state index contributed by atoms with van der Waals surface area (Å²) in [7, 11) is 0. The molecule has 0 spiro atoms. The lowest BCUT2D eigenvalue weighted by molar-refractivity contribution is -0.114. The van der Waals surface area contributed by atoms with Gasteiger partial charge in [0.2, 0.25) is 5.91 Å². The zero-order valence-electron chi connectivity index (χ0n) is 16.0. The fraction of sp³-hybridized carbons (Fsp3) is 0.450. The van der Waals surface area contributed by atoms with Crippen LogP contribution < -0.4 is 15.4 Å². The van der Waals surface area contributed by atoms with Gasteiger partial charge in [-0.15, -0.1) is 0 Å². The lowest BCUT2D eigenvalue weighted by Gasteiger charge is -2.49. The molecule has 0 unspecified atom stereocenters. The third kappa shape index (κ3) is 4.02. The van der Waals surface area contributed by atoms with Crippen molar-refractivity contribution in [2.24, 2.45) is 5.92 Å². The van der Waals surface area contributed by atoms with Crippen molar-refractivity contribution in [2.45, 2.75) is 38.8 Å². The van der Waals surface area contributed by atoms with E-state index >= 15 is 0 Å². The molecule has 0 saturated carbocycles. The quantitative estimate of drug-likeness (QED) is 0.806. The van der Waals surface area contributed by atoms with Crippen molar-refractivity contribution >= 4 is 28.2 Å². The van der Waals surface area contributed by atoms with Crippen LogP contribution in [0.15, 0.2) is 30.5 Å². The number of anilines is 1. The highest BCUT2D eigenvalue weighted by Crippen LogP contribution is 2.33. The van der Waals surface area contributed by atoms with Crippen LogP contribution in [0.25, 0.3) is 0 Å². The number of benzene rings is 1. The van der Waals surface area contributed by atoms with E-state index in [1.807, 2.05) is 0 Å². The first-order valence-electron chi connectivity index (χ1n) is 9.56. The molecular weight excluding hydrogens is 376 g/mol. The molecule has 5 rings (SSSR count). The third-order valence-corrected chi connectivity index (χ3v) is 6.37. The van der Waals surface area contributed by atoms with Crippen molar-refractivity contribution in [3.63, 3.8) is 0 Å². The first-order chi connectivity index (χ1) is 13.5. The Morgan fingerprint density at radius 3 is 2.57 bits per heavy atom. The molecule has 148 valence electrons. The number of hydrogen-bond donors (Lipinski definition) is 2. The van der Waals surface area contributed by atoms with Crippen molar-refractivity contribution in [3.8, 4) is 10.9 Å². The lowest BCUT2D eigenvalue weighted by atomic mass is 9.79. The van der Waals surface area contributed by atoms with E-state index in [1.54, 1.807) is 30.5 Å². The molecule has 1 aromatic carbocycles. The second kappa shape index (κ2) is 7.89. The van der Waals surface area contributed by atoms with Crippen molar-refractivity contribution in [3.05, 3.63) is 36.0 Å². The molecule has 3 fully saturated rings. The molecule has 2 atom stereocenters. The summed E-state index contributed by atoms with van der Waals surface area (Å²) in [6.07, 6.45) is 3.88. The standard InChI is InChI=1S/C20H24N4O3S/c1-12-18(14-7-9-24(12)10-8-14)23-19(26)15-3-5-16(6-4-15)27-20-21-11-17(28-20)22-13(2)25/h3-6,11-12,14,18H,7-10H2,1-2H3,(H,22,25)(H,23,26)/t12-,18-/m0/s1. The molecule has 0 radical (unpaired) electrons. The molecule has 2 bridgehead atoms. The van der Waals surface area contributed by atoms with E-state index in [4.69, 9.17) is 4.74 Å². The summed E-state index contributed by atoms with van der Waals surface area (Å²) in [6, 6.07) is 7.65. The molecule has 1 aromatic heterocycles. The monoisotopic (exact) mass is 400 g/mol. The maximum atomic E-state index is 12.7. The predicted molar refractivity (Wildman–Crippen MR) is 108 cm³/mol. The number of rotatable bonds is 5. The third-order valence-electron chi connectivity index (χ3n) is 5.58. The number of nitrogens with one attached hydrogen (secondary N) is 2. The number of amides is 2. The van der Waals surface area contributed by atoms with E-state index in [0.29, 0.717) is 33.5 Å². The molecule has 7 nitrogen and oxygen atoms in total. The van der Waals surface area contributed by atoms with Crippen LogP contribution in [-0.2, 0) is 4.79 Å². The summed E-state index contributed by atoms with van der Waals surface area (Å²) in [5.74, 6) is 0.980. The summed E-state index contributed by atoms with van der Waals surface area (Å²) in [6.45, 7) is 5.94. The van der Waals surface area contributed by atoms with Gasteiger partial charge in [0.1, 0.15) is 10.8 Å². The van der Waals surface area contributed by atoms with Gasteiger partial charge < -0.3 is 15.4 Å². The molecule has 0 aliphatic carbocycles. The van der Waals surface area contributed by atoms with Crippen LogP contribution in [0.2, 0.25) is 0 Å². The number of piperidine rings is 3. The van der Waals surface area contributed by atoms with Crippen LogP contribution in [-0.4, -0.2) is 46.9 Å². The Balaban J connectivity index is 1.37. The minimum atomic E-state index is -0.150. The Hall–Kier alpha value is -2.45. The lowest BCUT2D eigenvalue weighted by Crippen LogP contribution is -2.62. The predicted octanol–water partition coefficient (Wildman–Crippen LogP) is 3.11. The highest BCUT2D eigenvalue weighted by Gasteiger charge is 2.40. The fourth-order valence-electron chi connectivity index (χ4n) is 4.09. The molecule has 8 heteroatoms. The highest BCUT2D eigenvalue weighted by molar-refractivity contribution is 7.17. The minimum absolute atomic E-state index is 0.0423. The Morgan fingerprint density at radius 2 is 1.93 bits per heavy atom. The SMILES string of the molecule is CC(=O)Nc1cnc(Oc2ccc(C(=O)N[C@@H]3C4CCN(CC4)[C@H]3C)cc2)s1. The van der Waals surface area contributed by atoms with Gasteiger partial charge in [0.05, 0.1) is 6.20 Å². The molecule has 2 aromatic rings. The van der Waals surface area contributed by atoms with E-state index in [0.717, 1.165) is 25.9 Å². The summed E-state index contributed by atoms with van der Waals surface area (Å²) in [5, 5.41) is 6.97. The number of ether oxygens (including phenoxy) is 1. The van der Waals surface area contributed by atoms with Gasteiger partial charge in [-0.2, -0.15) is 0 Å². The topological polar surface area (TPSA) is 83.6 Å². The van der Waals surface area contributed by atoms with Gasteiger partial charge >= 0.3 is 0 Å². The summed E-state index contributed by atoms with van der Waals surface area (Å²) < 4.78 is 5.70. The first-order valence-corrected chi connectivity index (χ1v) is 10.4. The van der Waals surface area contributed by atoms with E-state index in [-0.39, 0.29) is 17.9 Å². The molecule has 3 aliphatic heterocycles. The normalized spacial score (nSPS) is 25.9. The van der Waals surface area contributed by atoms with Crippen LogP contribution in [0.4, 0.5) is 5.00 Å². The van der Waals surface area contributed by atoms with E-state index in [1.165, 1.54) is 18.3 Å². The largest absolute Gasteiger partial charge is 0.431 e. The van der Waals surface area contributed by atoms with Crippen LogP contribution in [0.1, 0.15) is 37.0 Å². The van der Waals surface area contributed by atoms with Crippen molar-refractivity contribution in [1.82, 2.24) is 15.2 Å². The molecular formula is C20H24N4O3S. The fourth-order valence-corrected chi connectivity index (χ4v) is 4.82. The molecule has 3 aliphatic rings. The first kappa shape index (κ1) is 18.9. The van der Waals surface area contributed by atoms with Crippen molar-refractivity contribution in [1.29, 1.82) is 0 Å². The van der Waals surface area contributed by atoms with Crippen LogP contribution >= 0.6 is 11.3 Å². The Morgan fingerprint density at radius 1 is 1.21 bits per heavy atom. The van der Waals surface area contributed by atoms with Gasteiger partial charge in [-0.1, -0.05) is 11.3 Å². The van der Waals surface area contributed by atoms with Gasteiger partial charge in [-0.25, -0.2) is 4.98 Å². The van der Waals surface area contributed by atoms with Gasteiger partial charge in [-0.3, -0.25) is 14.5 Å². The maximum Gasteiger partial charge on any atom is 0.280 e. The van der Waals surface area contributed by atoms with Crippen LogP contribution in [0, 0.1) is 5.92 Å². The second-order valence-corrected chi connectivity index (χ2v) is 8.40.